The molecule has 6 heteroatoms. The van der Waals surface area contributed by atoms with Crippen molar-refractivity contribution >= 4 is 11.7 Å². The Bertz CT molecular complexity index is 677. The molecule has 5 nitrogen and oxygen atoms in total. The van der Waals surface area contributed by atoms with Crippen molar-refractivity contribution in [1.82, 2.24) is 5.32 Å². The van der Waals surface area contributed by atoms with Gasteiger partial charge in [-0.1, -0.05) is 12.1 Å². The highest BCUT2D eigenvalue weighted by molar-refractivity contribution is 5.89. The molecule has 2 N–H and O–H groups in total. The van der Waals surface area contributed by atoms with Crippen molar-refractivity contribution < 1.29 is 18.7 Å². The number of rotatable bonds is 6. The Kier molecular flexibility index (Phi) is 5.80. The molecule has 0 aliphatic carbocycles. The van der Waals surface area contributed by atoms with Gasteiger partial charge in [-0.3, -0.25) is 0 Å². The van der Waals surface area contributed by atoms with Crippen molar-refractivity contribution in [3.63, 3.8) is 0 Å². The fraction of sp³-hybridized carbons (Fsp3) is 0.235. The van der Waals surface area contributed by atoms with Crippen LogP contribution in [0.2, 0.25) is 0 Å². The van der Waals surface area contributed by atoms with Gasteiger partial charge in [0.25, 0.3) is 0 Å². The average molecular weight is 318 g/mol. The van der Waals surface area contributed by atoms with Gasteiger partial charge in [0.15, 0.2) is 11.5 Å². The predicted molar refractivity (Wildman–Crippen MR) is 86.6 cm³/mol. The average Bonchev–Trinajstić information content (AvgIpc) is 2.52. The van der Waals surface area contributed by atoms with E-state index in [-0.39, 0.29) is 6.61 Å². The number of nitrogens with one attached hydrogen (secondary N) is 2. The summed E-state index contributed by atoms with van der Waals surface area (Å²) >= 11 is 0. The number of halogens is 1. The van der Waals surface area contributed by atoms with E-state index in [2.05, 4.69) is 10.6 Å². The molecule has 2 aromatic rings. The molecular weight excluding hydrogens is 299 g/mol. The lowest BCUT2D eigenvalue weighted by atomic mass is 10.2. The number of aryl methyl sites for hydroxylation is 1. The van der Waals surface area contributed by atoms with Crippen LogP contribution in [-0.2, 0) is 0 Å². The normalized spacial score (nSPS) is 10.0. The highest BCUT2D eigenvalue weighted by Gasteiger charge is 2.05. The minimum absolute atomic E-state index is 0.288. The Labute approximate surface area is 134 Å². The zero-order chi connectivity index (χ0) is 16.7. The number of benzene rings is 2. The Morgan fingerprint density at radius 2 is 2.00 bits per heavy atom. The smallest absolute Gasteiger partial charge is 0.319 e. The predicted octanol–water partition coefficient (Wildman–Crippen LogP) is 3.34. The molecule has 0 radical (unpaired) electrons. The van der Waals surface area contributed by atoms with Crippen molar-refractivity contribution in [2.24, 2.45) is 0 Å². The molecule has 122 valence electrons. The molecule has 0 aliphatic heterocycles. The largest absolute Gasteiger partial charge is 0.493 e. The number of anilines is 1. The first-order valence-corrected chi connectivity index (χ1v) is 7.16. The van der Waals surface area contributed by atoms with E-state index in [0.29, 0.717) is 23.7 Å². The number of hydrogen-bond acceptors (Lipinski definition) is 3. The van der Waals surface area contributed by atoms with Crippen LogP contribution < -0.4 is 20.1 Å². The van der Waals surface area contributed by atoms with Crippen molar-refractivity contribution in [2.45, 2.75) is 6.92 Å². The van der Waals surface area contributed by atoms with Gasteiger partial charge in [0.1, 0.15) is 12.4 Å². The third kappa shape index (κ3) is 5.18. The summed E-state index contributed by atoms with van der Waals surface area (Å²) in [7, 11) is 1.58. The summed E-state index contributed by atoms with van der Waals surface area (Å²) in [4.78, 5) is 11.7. The molecule has 0 saturated carbocycles. The lowest BCUT2D eigenvalue weighted by Gasteiger charge is -2.12. The van der Waals surface area contributed by atoms with Gasteiger partial charge in [-0.15, -0.1) is 0 Å². The quantitative estimate of drug-likeness (QED) is 0.803. The fourth-order valence-electron chi connectivity index (χ4n) is 1.96. The number of methoxy groups -OCH3 is 1. The van der Waals surface area contributed by atoms with Crippen molar-refractivity contribution in [2.75, 3.05) is 25.6 Å². The molecule has 2 rings (SSSR count). The van der Waals surface area contributed by atoms with Gasteiger partial charge in [0, 0.05) is 5.69 Å². The van der Waals surface area contributed by atoms with Gasteiger partial charge in [0.05, 0.1) is 13.7 Å². The topological polar surface area (TPSA) is 59.6 Å². The maximum absolute atomic E-state index is 13.0. The molecule has 0 spiro atoms. The van der Waals surface area contributed by atoms with E-state index in [1.54, 1.807) is 13.2 Å². The van der Waals surface area contributed by atoms with E-state index in [0.717, 1.165) is 5.56 Å². The lowest BCUT2D eigenvalue weighted by Crippen LogP contribution is -2.32. The van der Waals surface area contributed by atoms with Crippen molar-refractivity contribution in [3.8, 4) is 11.5 Å². The van der Waals surface area contributed by atoms with Crippen LogP contribution in [0.5, 0.6) is 11.5 Å². The SMILES string of the molecule is COc1cc(C)ccc1OCCNC(=O)Nc1cccc(F)c1. The van der Waals surface area contributed by atoms with Gasteiger partial charge in [0.2, 0.25) is 0 Å². The minimum atomic E-state index is -0.421. The zero-order valence-electron chi connectivity index (χ0n) is 13.1. The summed E-state index contributed by atoms with van der Waals surface area (Å²) < 4.78 is 23.8. The van der Waals surface area contributed by atoms with Crippen LogP contribution in [0.15, 0.2) is 42.5 Å². The first kappa shape index (κ1) is 16.6. The molecule has 2 amide bonds. The van der Waals surface area contributed by atoms with E-state index in [1.807, 2.05) is 25.1 Å². The van der Waals surface area contributed by atoms with Gasteiger partial charge in [-0.05, 0) is 42.8 Å². The van der Waals surface area contributed by atoms with Crippen LogP contribution in [-0.4, -0.2) is 26.3 Å². The zero-order valence-corrected chi connectivity index (χ0v) is 13.1. The Hall–Kier alpha value is -2.76. The molecule has 0 heterocycles. The third-order valence-corrected chi connectivity index (χ3v) is 3.05. The van der Waals surface area contributed by atoms with Gasteiger partial charge >= 0.3 is 6.03 Å². The van der Waals surface area contributed by atoms with E-state index < -0.39 is 11.8 Å². The molecule has 0 atom stereocenters. The molecule has 0 fully saturated rings. The molecule has 0 aliphatic rings. The second-order valence-corrected chi connectivity index (χ2v) is 4.89. The molecule has 23 heavy (non-hydrogen) atoms. The van der Waals surface area contributed by atoms with E-state index >= 15 is 0 Å². The van der Waals surface area contributed by atoms with Crippen LogP contribution in [0.4, 0.5) is 14.9 Å². The van der Waals surface area contributed by atoms with Gasteiger partial charge in [-0.25, -0.2) is 9.18 Å². The van der Waals surface area contributed by atoms with Gasteiger partial charge in [-0.2, -0.15) is 0 Å². The number of carbonyl (C=O) groups is 1. The molecule has 0 bridgehead atoms. The highest BCUT2D eigenvalue weighted by atomic mass is 19.1. The van der Waals surface area contributed by atoms with Gasteiger partial charge < -0.3 is 20.1 Å². The highest BCUT2D eigenvalue weighted by Crippen LogP contribution is 2.27. The maximum Gasteiger partial charge on any atom is 0.319 e. The summed E-state index contributed by atoms with van der Waals surface area (Å²) in [5.74, 6) is 0.859. The van der Waals surface area contributed by atoms with E-state index in [1.165, 1.54) is 18.2 Å². The lowest BCUT2D eigenvalue weighted by molar-refractivity contribution is 0.246. The number of amides is 2. The maximum atomic E-state index is 13.0. The first-order valence-electron chi connectivity index (χ1n) is 7.16. The number of urea groups is 1. The summed E-state index contributed by atoms with van der Waals surface area (Å²) in [6.45, 7) is 2.55. The van der Waals surface area contributed by atoms with Crippen molar-refractivity contribution in [3.05, 3.63) is 53.8 Å². The summed E-state index contributed by atoms with van der Waals surface area (Å²) in [5.41, 5.74) is 1.46. The monoisotopic (exact) mass is 318 g/mol. The fourth-order valence-corrected chi connectivity index (χ4v) is 1.96. The Morgan fingerprint density at radius 3 is 2.74 bits per heavy atom. The summed E-state index contributed by atoms with van der Waals surface area (Å²) in [6, 6.07) is 10.9. The minimum Gasteiger partial charge on any atom is -0.493 e. The summed E-state index contributed by atoms with van der Waals surface area (Å²) in [6.07, 6.45) is 0. The van der Waals surface area contributed by atoms with Crippen LogP contribution >= 0.6 is 0 Å². The van der Waals surface area contributed by atoms with Crippen LogP contribution in [0.1, 0.15) is 5.56 Å². The molecular formula is C17H19FN2O3. The van der Waals surface area contributed by atoms with Crippen LogP contribution in [0.3, 0.4) is 0 Å². The molecule has 2 aromatic carbocycles. The second-order valence-electron chi connectivity index (χ2n) is 4.89. The third-order valence-electron chi connectivity index (χ3n) is 3.05. The van der Waals surface area contributed by atoms with Crippen LogP contribution in [0, 0.1) is 12.7 Å². The standard InChI is InChI=1S/C17H19FN2O3/c1-12-6-7-15(16(10-12)22-2)23-9-8-19-17(21)20-14-5-3-4-13(18)11-14/h3-7,10-11H,8-9H2,1-2H3,(H2,19,20,21). The van der Waals surface area contributed by atoms with E-state index in [9.17, 15) is 9.18 Å². The molecule has 0 saturated heterocycles. The number of carbonyl (C=O) groups excluding carboxylic acids is 1. The number of ether oxygens (including phenoxy) is 2. The van der Waals surface area contributed by atoms with Crippen molar-refractivity contribution in [1.29, 1.82) is 0 Å². The van der Waals surface area contributed by atoms with E-state index in [4.69, 9.17) is 9.47 Å². The number of hydrogen-bond donors (Lipinski definition) is 2. The Morgan fingerprint density at radius 1 is 1.17 bits per heavy atom. The molecule has 0 aromatic heterocycles. The van der Waals surface area contributed by atoms with Crippen LogP contribution in [0.25, 0.3) is 0 Å². The summed E-state index contributed by atoms with van der Waals surface area (Å²) in [5, 5.41) is 5.17. The first-order chi connectivity index (χ1) is 11.1. The molecule has 0 unspecified atom stereocenters. The Balaban J connectivity index is 1.76. The second kappa shape index (κ2) is 8.03.